The first kappa shape index (κ1) is 16.0. The van der Waals surface area contributed by atoms with Crippen LogP contribution >= 0.6 is 0 Å². The van der Waals surface area contributed by atoms with Gasteiger partial charge in [-0.25, -0.2) is 4.79 Å². The van der Waals surface area contributed by atoms with Gasteiger partial charge < -0.3 is 9.57 Å². The van der Waals surface area contributed by atoms with E-state index in [9.17, 15) is 14.4 Å². The highest BCUT2D eigenvalue weighted by Gasteiger charge is 2.34. The van der Waals surface area contributed by atoms with Crippen LogP contribution in [0, 0.1) is 0 Å². The Morgan fingerprint density at radius 3 is 2.33 bits per heavy atom. The third kappa shape index (κ3) is 2.95. The Balaban J connectivity index is 1.80. The number of nitrogens with zero attached hydrogens (tertiary/aromatic N) is 1. The molecule has 2 aromatic rings. The third-order valence-corrected chi connectivity index (χ3v) is 4.11. The quantitative estimate of drug-likeness (QED) is 0.807. The Labute approximate surface area is 138 Å². The molecule has 1 aliphatic rings. The van der Waals surface area contributed by atoms with Crippen molar-refractivity contribution in [3.63, 3.8) is 0 Å². The van der Waals surface area contributed by atoms with Crippen molar-refractivity contribution in [3.8, 4) is 5.75 Å². The van der Waals surface area contributed by atoms with Crippen molar-refractivity contribution < 1.29 is 24.0 Å². The van der Waals surface area contributed by atoms with Crippen molar-refractivity contribution in [2.75, 3.05) is 7.11 Å². The molecule has 1 heterocycles. The maximum absolute atomic E-state index is 12.2. The van der Waals surface area contributed by atoms with Crippen molar-refractivity contribution in [1.29, 1.82) is 0 Å². The molecule has 24 heavy (non-hydrogen) atoms. The van der Waals surface area contributed by atoms with Crippen molar-refractivity contribution in [2.24, 2.45) is 0 Å². The van der Waals surface area contributed by atoms with Crippen LogP contribution in [0.4, 0.5) is 0 Å². The van der Waals surface area contributed by atoms with Crippen molar-refractivity contribution in [1.82, 2.24) is 5.06 Å². The first-order chi connectivity index (χ1) is 11.5. The van der Waals surface area contributed by atoms with Crippen molar-refractivity contribution in [3.05, 3.63) is 42.0 Å². The van der Waals surface area contributed by atoms with E-state index in [1.165, 1.54) is 0 Å². The Kier molecular flexibility index (Phi) is 4.20. The standard InChI is InChI=1S/C18H17NO5/c1-11(18(22)24-19-16(20)7-8-17(19)21)12-3-4-14-10-15(23-2)6-5-13(14)9-12/h3-6,9-11H,7-8H2,1-2H3. The average molecular weight is 327 g/mol. The normalized spacial score (nSPS) is 15.7. The summed E-state index contributed by atoms with van der Waals surface area (Å²) >= 11 is 0. The monoisotopic (exact) mass is 327 g/mol. The molecule has 0 spiro atoms. The van der Waals surface area contributed by atoms with Gasteiger partial charge in [0.2, 0.25) is 0 Å². The smallest absolute Gasteiger partial charge is 0.340 e. The van der Waals surface area contributed by atoms with Gasteiger partial charge in [-0.3, -0.25) is 9.59 Å². The molecule has 1 unspecified atom stereocenters. The molecular weight excluding hydrogens is 310 g/mol. The lowest BCUT2D eigenvalue weighted by molar-refractivity contribution is -0.198. The molecule has 6 heteroatoms. The summed E-state index contributed by atoms with van der Waals surface area (Å²) < 4.78 is 5.19. The second-order valence-electron chi connectivity index (χ2n) is 5.69. The lowest BCUT2D eigenvalue weighted by atomic mass is 9.98. The van der Waals surface area contributed by atoms with E-state index < -0.39 is 23.7 Å². The number of methoxy groups -OCH3 is 1. The minimum absolute atomic E-state index is 0.0816. The summed E-state index contributed by atoms with van der Waals surface area (Å²) in [5.74, 6) is -1.43. The number of ether oxygens (including phenoxy) is 1. The van der Waals surface area contributed by atoms with Crippen molar-refractivity contribution in [2.45, 2.75) is 25.7 Å². The van der Waals surface area contributed by atoms with Crippen LogP contribution in [0.25, 0.3) is 10.8 Å². The predicted molar refractivity (Wildman–Crippen MR) is 86.1 cm³/mol. The molecule has 6 nitrogen and oxygen atoms in total. The molecule has 1 saturated heterocycles. The number of carbonyl (C=O) groups is 3. The highest BCUT2D eigenvalue weighted by molar-refractivity contribution is 6.01. The number of imide groups is 1. The molecule has 2 aromatic carbocycles. The number of hydrogen-bond acceptors (Lipinski definition) is 5. The molecule has 0 radical (unpaired) electrons. The number of amides is 2. The SMILES string of the molecule is COc1ccc2cc(C(C)C(=O)ON3C(=O)CCC3=O)ccc2c1. The maximum atomic E-state index is 12.2. The average Bonchev–Trinajstić information content (AvgIpc) is 2.92. The van der Waals surface area contributed by atoms with Crippen LogP contribution in [0.2, 0.25) is 0 Å². The van der Waals surface area contributed by atoms with E-state index in [1.807, 2.05) is 36.4 Å². The van der Waals surface area contributed by atoms with Gasteiger partial charge in [0.25, 0.3) is 11.8 Å². The number of rotatable bonds is 4. The molecule has 3 rings (SSSR count). The lowest BCUT2D eigenvalue weighted by Crippen LogP contribution is -2.33. The van der Waals surface area contributed by atoms with E-state index in [0.29, 0.717) is 5.06 Å². The fourth-order valence-electron chi connectivity index (χ4n) is 2.60. The van der Waals surface area contributed by atoms with Crippen LogP contribution in [0.5, 0.6) is 5.75 Å². The summed E-state index contributed by atoms with van der Waals surface area (Å²) in [5.41, 5.74) is 0.747. The number of hydroxylamine groups is 2. The van der Waals surface area contributed by atoms with E-state index in [1.54, 1.807) is 14.0 Å². The molecule has 0 N–H and O–H groups in total. The Morgan fingerprint density at radius 2 is 1.67 bits per heavy atom. The summed E-state index contributed by atoms with van der Waals surface area (Å²) in [6.07, 6.45) is 0.163. The van der Waals surface area contributed by atoms with Gasteiger partial charge in [0.05, 0.1) is 13.0 Å². The minimum Gasteiger partial charge on any atom is -0.497 e. The van der Waals surface area contributed by atoms with Crippen LogP contribution in [-0.2, 0) is 19.2 Å². The van der Waals surface area contributed by atoms with Gasteiger partial charge in [0, 0.05) is 12.8 Å². The summed E-state index contributed by atoms with van der Waals surface area (Å²) in [5, 5.41) is 2.52. The zero-order valence-corrected chi connectivity index (χ0v) is 13.4. The van der Waals surface area contributed by atoms with Crippen LogP contribution in [0.1, 0.15) is 31.2 Å². The molecule has 124 valence electrons. The van der Waals surface area contributed by atoms with E-state index in [0.717, 1.165) is 22.1 Å². The van der Waals surface area contributed by atoms with Gasteiger partial charge in [-0.15, -0.1) is 5.06 Å². The first-order valence-corrected chi connectivity index (χ1v) is 7.65. The zero-order valence-electron chi connectivity index (χ0n) is 13.4. The van der Waals surface area contributed by atoms with Gasteiger partial charge in [0.1, 0.15) is 5.75 Å². The number of hydrogen-bond donors (Lipinski definition) is 0. The third-order valence-electron chi connectivity index (χ3n) is 4.11. The molecule has 1 aliphatic heterocycles. The molecule has 2 amide bonds. The van der Waals surface area contributed by atoms with E-state index in [4.69, 9.17) is 9.57 Å². The van der Waals surface area contributed by atoms with Gasteiger partial charge >= 0.3 is 5.97 Å². The van der Waals surface area contributed by atoms with Crippen LogP contribution in [0.3, 0.4) is 0 Å². The fraction of sp³-hybridized carbons (Fsp3) is 0.278. The summed E-state index contributed by atoms with van der Waals surface area (Å²) in [7, 11) is 1.61. The second kappa shape index (κ2) is 6.31. The summed E-state index contributed by atoms with van der Waals surface area (Å²) in [6, 6.07) is 11.3. The molecule has 1 atom stereocenters. The van der Waals surface area contributed by atoms with Gasteiger partial charge in [-0.1, -0.05) is 24.3 Å². The molecule has 0 aliphatic carbocycles. The predicted octanol–water partition coefficient (Wildman–Crippen LogP) is 2.56. The first-order valence-electron chi connectivity index (χ1n) is 7.65. The maximum Gasteiger partial charge on any atom is 0.340 e. The number of fused-ring (bicyclic) bond motifs is 1. The Bertz CT molecular complexity index is 813. The topological polar surface area (TPSA) is 72.9 Å². The van der Waals surface area contributed by atoms with Gasteiger partial charge in [0.15, 0.2) is 0 Å². The largest absolute Gasteiger partial charge is 0.497 e. The number of carbonyl (C=O) groups excluding carboxylic acids is 3. The zero-order chi connectivity index (χ0) is 17.3. The van der Waals surface area contributed by atoms with Crippen LogP contribution in [0.15, 0.2) is 36.4 Å². The lowest BCUT2D eigenvalue weighted by Gasteiger charge is -2.17. The molecule has 0 bridgehead atoms. The fourth-order valence-corrected chi connectivity index (χ4v) is 2.60. The van der Waals surface area contributed by atoms with Crippen LogP contribution < -0.4 is 4.74 Å². The Hall–Kier alpha value is -2.89. The molecule has 0 aromatic heterocycles. The molecular formula is C18H17NO5. The van der Waals surface area contributed by atoms with Crippen molar-refractivity contribution >= 4 is 28.6 Å². The van der Waals surface area contributed by atoms with Gasteiger partial charge in [-0.05, 0) is 35.4 Å². The Morgan fingerprint density at radius 1 is 1.04 bits per heavy atom. The minimum atomic E-state index is -0.633. The summed E-state index contributed by atoms with van der Waals surface area (Å²) in [4.78, 5) is 40.3. The highest BCUT2D eigenvalue weighted by Crippen LogP contribution is 2.26. The summed E-state index contributed by atoms with van der Waals surface area (Å²) in [6.45, 7) is 1.68. The highest BCUT2D eigenvalue weighted by atomic mass is 16.7. The second-order valence-corrected chi connectivity index (χ2v) is 5.69. The van der Waals surface area contributed by atoms with E-state index in [-0.39, 0.29) is 12.8 Å². The van der Waals surface area contributed by atoms with E-state index >= 15 is 0 Å². The van der Waals surface area contributed by atoms with Gasteiger partial charge in [-0.2, -0.15) is 0 Å². The molecule has 0 saturated carbocycles. The van der Waals surface area contributed by atoms with E-state index in [2.05, 4.69) is 0 Å². The van der Waals surface area contributed by atoms with Crippen LogP contribution in [-0.4, -0.2) is 30.0 Å². The molecule has 1 fully saturated rings. The number of benzene rings is 2.